The van der Waals surface area contributed by atoms with E-state index in [4.69, 9.17) is 32.7 Å². The molecular weight excluding hydrogens is 496 g/mol. The maximum absolute atomic E-state index is 13.9. The Labute approximate surface area is 201 Å². The topological polar surface area (TPSA) is 77.8 Å². The molecule has 1 N–H and O–H groups in total. The van der Waals surface area contributed by atoms with E-state index in [0.717, 1.165) is 6.07 Å². The Morgan fingerprint density at radius 3 is 2.29 bits per heavy atom. The van der Waals surface area contributed by atoms with Crippen LogP contribution in [0.4, 0.5) is 18.9 Å². The normalized spacial score (nSPS) is 11.5. The summed E-state index contributed by atoms with van der Waals surface area (Å²) in [6.07, 6.45) is -4.81. The minimum absolute atomic E-state index is 0.0489. The molecule has 0 aliphatic rings. The van der Waals surface area contributed by atoms with Crippen LogP contribution in [-0.2, 0) is 6.18 Å². The van der Waals surface area contributed by atoms with Crippen molar-refractivity contribution < 1.29 is 27.4 Å². The largest absolute Gasteiger partial charge is 0.493 e. The molecule has 7 nitrogen and oxygen atoms in total. The third kappa shape index (κ3) is 4.46. The molecule has 0 unspecified atom stereocenters. The number of hydrogen-bond donors (Lipinski definition) is 1. The first-order valence-electron chi connectivity index (χ1n) is 9.58. The van der Waals surface area contributed by atoms with Crippen molar-refractivity contribution in [2.24, 2.45) is 0 Å². The van der Waals surface area contributed by atoms with Crippen LogP contribution in [0.2, 0.25) is 10.0 Å². The quantitative estimate of drug-likeness (QED) is 0.356. The van der Waals surface area contributed by atoms with E-state index in [-0.39, 0.29) is 16.4 Å². The molecule has 0 fully saturated rings. The second-order valence-electron chi connectivity index (χ2n) is 6.95. The number of fused-ring (bicyclic) bond motifs is 1. The van der Waals surface area contributed by atoms with Crippen molar-refractivity contribution >= 4 is 40.4 Å². The van der Waals surface area contributed by atoms with Crippen molar-refractivity contribution in [3.8, 4) is 22.8 Å². The van der Waals surface area contributed by atoms with Crippen molar-refractivity contribution in [3.05, 3.63) is 70.0 Å². The monoisotopic (exact) mass is 510 g/mol. The van der Waals surface area contributed by atoms with Crippen LogP contribution in [0.5, 0.6) is 11.5 Å². The predicted molar refractivity (Wildman–Crippen MR) is 121 cm³/mol. The summed E-state index contributed by atoms with van der Waals surface area (Å²) in [5.41, 5.74) is -1.28. The molecule has 2 heterocycles. The van der Waals surface area contributed by atoms with Gasteiger partial charge in [-0.3, -0.25) is 4.79 Å². The highest BCUT2D eigenvalue weighted by Gasteiger charge is 2.37. The Morgan fingerprint density at radius 2 is 1.68 bits per heavy atom. The lowest BCUT2D eigenvalue weighted by molar-refractivity contribution is -0.142. The summed E-state index contributed by atoms with van der Waals surface area (Å²) < 4.78 is 52.6. The van der Waals surface area contributed by atoms with Gasteiger partial charge < -0.3 is 14.8 Å². The zero-order chi connectivity index (χ0) is 24.6. The summed E-state index contributed by atoms with van der Waals surface area (Å²) in [5, 5.41) is 6.45. The number of methoxy groups -OCH3 is 2. The maximum Gasteiger partial charge on any atom is 0.433 e. The molecule has 0 saturated carbocycles. The lowest BCUT2D eigenvalue weighted by Crippen LogP contribution is -2.15. The molecule has 1 amide bonds. The number of ether oxygens (including phenoxy) is 2. The van der Waals surface area contributed by atoms with Gasteiger partial charge in [-0.05, 0) is 48.5 Å². The van der Waals surface area contributed by atoms with E-state index in [1.165, 1.54) is 44.6 Å². The number of nitrogens with zero attached hydrogens (tertiary/aromatic N) is 3. The second-order valence-corrected chi connectivity index (χ2v) is 7.77. The number of alkyl halides is 3. The number of hydrogen-bond acceptors (Lipinski definition) is 5. The van der Waals surface area contributed by atoms with E-state index in [9.17, 15) is 18.0 Å². The number of benzene rings is 2. The number of aromatic nitrogens is 3. The smallest absolute Gasteiger partial charge is 0.433 e. The molecule has 2 aromatic heterocycles. The molecule has 4 rings (SSSR count). The summed E-state index contributed by atoms with van der Waals surface area (Å²) in [7, 11) is 2.84. The van der Waals surface area contributed by atoms with Crippen LogP contribution in [0.25, 0.3) is 16.9 Å². The summed E-state index contributed by atoms with van der Waals surface area (Å²) in [5.74, 6) is -0.108. The Kier molecular flexibility index (Phi) is 6.28. The van der Waals surface area contributed by atoms with Crippen LogP contribution in [0, 0.1) is 0 Å². The van der Waals surface area contributed by atoms with E-state index in [1.807, 2.05) is 0 Å². The van der Waals surface area contributed by atoms with Gasteiger partial charge in [0.05, 0.1) is 19.9 Å². The average molecular weight is 511 g/mol. The molecule has 0 aliphatic carbocycles. The van der Waals surface area contributed by atoms with E-state index >= 15 is 0 Å². The number of rotatable bonds is 5. The fourth-order valence-corrected chi connectivity index (χ4v) is 3.58. The maximum atomic E-state index is 13.9. The van der Waals surface area contributed by atoms with Crippen LogP contribution in [-0.4, -0.2) is 34.7 Å². The summed E-state index contributed by atoms with van der Waals surface area (Å²) in [6, 6.07) is 11.5. The Hall–Kier alpha value is -3.50. The van der Waals surface area contributed by atoms with Crippen molar-refractivity contribution in [2.45, 2.75) is 6.18 Å². The molecule has 0 bridgehead atoms. The fraction of sp³-hybridized carbons (Fsp3) is 0.136. The highest BCUT2D eigenvalue weighted by Crippen LogP contribution is 2.37. The van der Waals surface area contributed by atoms with Crippen LogP contribution in [0.15, 0.2) is 48.5 Å². The van der Waals surface area contributed by atoms with E-state index < -0.39 is 23.5 Å². The molecule has 12 heteroatoms. The van der Waals surface area contributed by atoms with Gasteiger partial charge in [0.2, 0.25) is 0 Å². The standard InChI is InChI=1S/C22H15Cl2F3N4O3/c1-33-15-8-3-11(9-16(15)34-2)14-10-17(22(25,26)27)31-20(29-14)18(24)19(30-31)21(32)28-13-6-4-12(23)5-7-13/h3-10H,1-2H3,(H,28,32). The van der Waals surface area contributed by atoms with E-state index in [2.05, 4.69) is 15.4 Å². The van der Waals surface area contributed by atoms with Gasteiger partial charge in [-0.1, -0.05) is 23.2 Å². The van der Waals surface area contributed by atoms with Gasteiger partial charge in [0, 0.05) is 16.3 Å². The van der Waals surface area contributed by atoms with Gasteiger partial charge in [0.15, 0.2) is 28.5 Å². The molecule has 0 spiro atoms. The highest BCUT2D eigenvalue weighted by atomic mass is 35.5. The minimum atomic E-state index is -4.81. The SMILES string of the molecule is COc1ccc(-c2cc(C(F)(F)F)n3nc(C(=O)Nc4ccc(Cl)cc4)c(Cl)c3n2)cc1OC. The molecule has 0 radical (unpaired) electrons. The minimum Gasteiger partial charge on any atom is -0.493 e. The summed E-state index contributed by atoms with van der Waals surface area (Å²) in [6.45, 7) is 0. The van der Waals surface area contributed by atoms with Gasteiger partial charge in [-0.15, -0.1) is 0 Å². The summed E-state index contributed by atoms with van der Waals surface area (Å²) >= 11 is 12.1. The third-order valence-corrected chi connectivity index (χ3v) is 5.42. The Balaban J connectivity index is 1.84. The molecule has 2 aromatic carbocycles. The van der Waals surface area contributed by atoms with Gasteiger partial charge in [0.1, 0.15) is 5.02 Å². The molecule has 176 valence electrons. The van der Waals surface area contributed by atoms with Crippen LogP contribution in [0.3, 0.4) is 0 Å². The lowest BCUT2D eigenvalue weighted by atomic mass is 10.1. The molecular formula is C22H15Cl2F3N4O3. The molecule has 0 aliphatic heterocycles. The number of amides is 1. The zero-order valence-electron chi connectivity index (χ0n) is 17.6. The molecule has 34 heavy (non-hydrogen) atoms. The van der Waals surface area contributed by atoms with Crippen LogP contribution >= 0.6 is 23.2 Å². The number of carbonyl (C=O) groups is 1. The first-order valence-corrected chi connectivity index (χ1v) is 10.3. The number of anilines is 1. The van der Waals surface area contributed by atoms with Gasteiger partial charge in [-0.2, -0.15) is 18.3 Å². The van der Waals surface area contributed by atoms with E-state index in [1.54, 1.807) is 12.1 Å². The lowest BCUT2D eigenvalue weighted by Gasteiger charge is -2.12. The van der Waals surface area contributed by atoms with Crippen molar-refractivity contribution in [1.82, 2.24) is 14.6 Å². The zero-order valence-corrected chi connectivity index (χ0v) is 19.1. The van der Waals surface area contributed by atoms with Gasteiger partial charge >= 0.3 is 6.18 Å². The van der Waals surface area contributed by atoms with Crippen molar-refractivity contribution in [3.63, 3.8) is 0 Å². The Morgan fingerprint density at radius 1 is 1.00 bits per heavy atom. The van der Waals surface area contributed by atoms with Crippen LogP contribution in [0.1, 0.15) is 16.2 Å². The molecule has 0 atom stereocenters. The van der Waals surface area contributed by atoms with Crippen LogP contribution < -0.4 is 14.8 Å². The number of carbonyl (C=O) groups excluding carboxylic acids is 1. The van der Waals surface area contributed by atoms with Crippen molar-refractivity contribution in [1.29, 1.82) is 0 Å². The summed E-state index contributed by atoms with van der Waals surface area (Å²) in [4.78, 5) is 17.0. The first-order chi connectivity index (χ1) is 16.1. The molecule has 4 aromatic rings. The van der Waals surface area contributed by atoms with Gasteiger partial charge in [-0.25, -0.2) is 9.50 Å². The second kappa shape index (κ2) is 9.03. The van der Waals surface area contributed by atoms with Crippen molar-refractivity contribution in [2.75, 3.05) is 19.5 Å². The highest BCUT2D eigenvalue weighted by molar-refractivity contribution is 6.37. The first kappa shape index (κ1) is 23.7. The number of nitrogens with one attached hydrogen (secondary N) is 1. The number of halogens is 5. The third-order valence-electron chi connectivity index (χ3n) is 4.82. The fourth-order valence-electron chi connectivity index (χ4n) is 3.21. The molecule has 0 saturated heterocycles. The Bertz CT molecular complexity index is 1390. The van der Waals surface area contributed by atoms with Gasteiger partial charge in [0.25, 0.3) is 5.91 Å². The van der Waals surface area contributed by atoms with E-state index in [0.29, 0.717) is 32.3 Å². The predicted octanol–water partition coefficient (Wildman–Crippen LogP) is 5.99. The average Bonchev–Trinajstić information content (AvgIpc) is 3.15.